The van der Waals surface area contributed by atoms with E-state index >= 15 is 0 Å². The second kappa shape index (κ2) is 31.0. The van der Waals surface area contributed by atoms with E-state index in [9.17, 15) is 66.6 Å². The Hall–Kier alpha value is -7.90. The predicted molar refractivity (Wildman–Crippen MR) is 306 cm³/mol. The lowest BCUT2D eigenvalue weighted by Gasteiger charge is -2.34. The summed E-state index contributed by atoms with van der Waals surface area (Å²) in [7, 11) is 0.917. The van der Waals surface area contributed by atoms with Gasteiger partial charge in [0, 0.05) is 29.1 Å². The molecule has 89 heavy (non-hydrogen) atoms. The van der Waals surface area contributed by atoms with E-state index in [1.807, 2.05) is 110 Å². The fourth-order valence-corrected chi connectivity index (χ4v) is 10.5. The third kappa shape index (κ3) is 16.7. The molecule has 0 unspecified atom stereocenters. The lowest BCUT2D eigenvalue weighted by atomic mass is 9.69. The van der Waals surface area contributed by atoms with Crippen LogP contribution in [0.5, 0.6) is 0 Å². The molecule has 6 aromatic carbocycles. The van der Waals surface area contributed by atoms with Crippen molar-refractivity contribution in [2.75, 3.05) is 13.9 Å². The molecular weight excluding hydrogens is 1190 g/mol. The number of rotatable bonds is 15. The molecule has 21 heteroatoms. The predicted octanol–water partition coefficient (Wildman–Crippen LogP) is 17.4. The summed E-state index contributed by atoms with van der Waals surface area (Å²) in [4.78, 5) is 32.5. The van der Waals surface area contributed by atoms with E-state index in [1.165, 1.54) is 30.2 Å². The SMILES string of the molecule is CCc1ccc(-c2ccc(C(CC)(CC)c3ccc(C#CC(O)(C(F)(F)F)C(F)(F)F)c(C)c3)cc2C)cc1F.CCc1ccc(-c2ccc(C(CC)(CC)c3ccc(C#CC(OCOC)(C(F)(F)F)C(F)(F)F)c(C)c3)cc2C)cc1F.O=C=O.O=C=O. The van der Waals surface area contributed by atoms with Crippen LogP contribution in [-0.2, 0) is 52.3 Å². The molecule has 0 aliphatic rings. The van der Waals surface area contributed by atoms with Crippen LogP contribution in [0.25, 0.3) is 22.3 Å². The average molecular weight is 1260 g/mol. The molecule has 1 N–H and O–H groups in total. The fraction of sp³-hybridized carbons (Fsp3) is 0.382. The van der Waals surface area contributed by atoms with E-state index in [0.717, 1.165) is 68.7 Å². The van der Waals surface area contributed by atoms with Crippen LogP contribution < -0.4 is 0 Å². The Balaban J connectivity index is 0.000000428. The monoisotopic (exact) mass is 1260 g/mol. The molecular formula is C68H66F14O7. The normalized spacial score (nSPS) is 12.0. The maximum atomic E-state index is 14.5. The van der Waals surface area contributed by atoms with Gasteiger partial charge in [0.25, 0.3) is 0 Å². The van der Waals surface area contributed by atoms with Crippen LogP contribution >= 0.6 is 0 Å². The fourth-order valence-electron chi connectivity index (χ4n) is 10.5. The number of aryl methyl sites for hydroxylation is 6. The van der Waals surface area contributed by atoms with Crippen molar-refractivity contribution in [2.45, 2.75) is 154 Å². The molecule has 0 amide bonds. The van der Waals surface area contributed by atoms with Gasteiger partial charge in [0.05, 0.1) is 0 Å². The van der Waals surface area contributed by atoms with Crippen molar-refractivity contribution in [3.63, 3.8) is 0 Å². The molecule has 6 aromatic rings. The molecule has 0 heterocycles. The molecule has 0 saturated heterocycles. The third-order valence-electron chi connectivity index (χ3n) is 15.8. The lowest BCUT2D eigenvalue weighted by Crippen LogP contribution is -2.58. The van der Waals surface area contributed by atoms with E-state index in [-0.39, 0.29) is 35.1 Å². The summed E-state index contributed by atoms with van der Waals surface area (Å²) in [5, 5.41) is 9.37. The van der Waals surface area contributed by atoms with Crippen molar-refractivity contribution >= 4 is 12.3 Å². The van der Waals surface area contributed by atoms with E-state index < -0.39 is 53.5 Å². The second-order valence-electron chi connectivity index (χ2n) is 20.6. The van der Waals surface area contributed by atoms with Crippen LogP contribution in [0.4, 0.5) is 61.5 Å². The first-order valence-electron chi connectivity index (χ1n) is 27.7. The molecule has 0 aromatic heterocycles. The van der Waals surface area contributed by atoms with Crippen LogP contribution in [0.15, 0.2) is 109 Å². The number of ether oxygens (including phenoxy) is 2. The summed E-state index contributed by atoms with van der Waals surface area (Å²) in [6, 6.07) is 31.9. The van der Waals surface area contributed by atoms with Crippen molar-refractivity contribution in [1.29, 1.82) is 0 Å². The standard InChI is InChI=1S/C34H35F7O2.C32H31F7O.2CO2/c1-7-24-10-11-26(20-30(24)35)29-15-14-28(19-23(29)5)31(8-2,9-3)27-13-12-25(22(4)18-27)16-17-32(33(36,37)38,34(39,40)41)43-21-42-6;1-6-22-9-10-24(19-28(22)33)27-14-13-26(18-21(27)5)29(7-2,8-3)25-12-11-23(20(4)17-25)15-16-30(40,31(34,35)36)32(37,38)39;2*2-1-3/h10-15,18-20H,7-9,21H2,1-6H3;9-14,17-19,40H,6-8H2,1-5H3;;. The smallest absolute Gasteiger partial charge is 0.363 e. The highest BCUT2D eigenvalue weighted by Gasteiger charge is 2.73. The van der Waals surface area contributed by atoms with Crippen LogP contribution in [0.1, 0.15) is 134 Å². The van der Waals surface area contributed by atoms with Gasteiger partial charge >= 0.3 is 48.2 Å². The average Bonchev–Trinajstić information content (AvgIpc) is 0.847. The van der Waals surface area contributed by atoms with E-state index in [1.54, 1.807) is 50.2 Å². The Bertz CT molecular complexity index is 3550. The maximum Gasteiger partial charge on any atom is 0.438 e. The van der Waals surface area contributed by atoms with Crippen molar-refractivity contribution < 1.29 is 95.2 Å². The van der Waals surface area contributed by atoms with Gasteiger partial charge in [0.15, 0.2) is 0 Å². The zero-order chi connectivity index (χ0) is 67.7. The number of alkyl halides is 12. The molecule has 478 valence electrons. The zero-order valence-corrected chi connectivity index (χ0v) is 50.5. The molecule has 0 fully saturated rings. The van der Waals surface area contributed by atoms with Gasteiger partial charge in [-0.05, 0) is 180 Å². The summed E-state index contributed by atoms with van der Waals surface area (Å²) in [6.45, 7) is 17.6. The van der Waals surface area contributed by atoms with Crippen LogP contribution in [0.3, 0.4) is 0 Å². The van der Waals surface area contributed by atoms with E-state index in [4.69, 9.17) is 19.2 Å². The Morgan fingerprint density at radius 2 is 0.742 bits per heavy atom. The molecule has 0 aliphatic carbocycles. The summed E-state index contributed by atoms with van der Waals surface area (Å²) in [6.07, 6.45) is -19.4. The van der Waals surface area contributed by atoms with Crippen LogP contribution in [-0.4, -0.2) is 67.2 Å². The summed E-state index contributed by atoms with van der Waals surface area (Å²) in [5.41, 5.74) is -0.0104. The zero-order valence-electron chi connectivity index (χ0n) is 50.5. The van der Waals surface area contributed by atoms with Gasteiger partial charge in [0.1, 0.15) is 18.4 Å². The van der Waals surface area contributed by atoms with Crippen LogP contribution in [0, 0.1) is 63.0 Å². The summed E-state index contributed by atoms with van der Waals surface area (Å²) < 4.78 is 198. The minimum atomic E-state index is -6.01. The second-order valence-corrected chi connectivity index (χ2v) is 20.6. The lowest BCUT2D eigenvalue weighted by molar-refractivity contribution is -0.368. The highest BCUT2D eigenvalue weighted by atomic mass is 19.4. The number of hydrogen-bond acceptors (Lipinski definition) is 7. The molecule has 0 radical (unpaired) electrons. The first-order valence-corrected chi connectivity index (χ1v) is 27.7. The summed E-state index contributed by atoms with van der Waals surface area (Å²) >= 11 is 0. The van der Waals surface area contributed by atoms with Gasteiger partial charge in [-0.1, -0.05) is 138 Å². The Morgan fingerprint density at radius 3 is 1.00 bits per heavy atom. The highest BCUT2D eigenvalue weighted by Crippen LogP contribution is 2.48. The largest absolute Gasteiger partial charge is 0.438 e. The van der Waals surface area contributed by atoms with Gasteiger partial charge in [-0.25, -0.2) is 8.78 Å². The maximum absolute atomic E-state index is 14.5. The molecule has 0 spiro atoms. The van der Waals surface area contributed by atoms with Crippen molar-refractivity contribution in [3.8, 4) is 45.9 Å². The topological polar surface area (TPSA) is 107 Å². The molecule has 0 saturated carbocycles. The first kappa shape index (κ1) is 75.4. The number of hydrogen-bond donors (Lipinski definition) is 1. The minimum absolute atomic E-state index is 0.00725. The Labute approximate surface area is 507 Å². The minimum Gasteiger partial charge on any atom is -0.363 e. The quantitative estimate of drug-likeness (QED) is 0.0620. The molecule has 0 atom stereocenters. The number of benzene rings is 6. The Kier molecular flexibility index (Phi) is 26.3. The van der Waals surface area contributed by atoms with Crippen LogP contribution in [0.2, 0.25) is 0 Å². The first-order chi connectivity index (χ1) is 41.5. The van der Waals surface area contributed by atoms with Crippen molar-refractivity contribution in [2.24, 2.45) is 0 Å². The number of carbonyl (C=O) groups excluding carboxylic acids is 4. The molecule has 0 aliphatic heterocycles. The molecule has 6 rings (SSSR count). The Morgan fingerprint density at radius 1 is 0.427 bits per heavy atom. The number of halogens is 14. The highest BCUT2D eigenvalue weighted by molar-refractivity contribution is 5.70. The number of aliphatic hydroxyl groups is 1. The number of methoxy groups -OCH3 is 1. The van der Waals surface area contributed by atoms with Gasteiger partial charge in [-0.2, -0.15) is 71.9 Å². The van der Waals surface area contributed by atoms with E-state index in [0.29, 0.717) is 60.8 Å². The third-order valence-corrected chi connectivity index (χ3v) is 15.8. The molecule has 7 nitrogen and oxygen atoms in total. The van der Waals surface area contributed by atoms with Crippen molar-refractivity contribution in [3.05, 3.63) is 188 Å². The molecule has 0 bridgehead atoms. The summed E-state index contributed by atoms with van der Waals surface area (Å²) in [5.74, 6) is 5.81. The van der Waals surface area contributed by atoms with Gasteiger partial charge < -0.3 is 14.6 Å². The van der Waals surface area contributed by atoms with Gasteiger partial charge in [-0.15, -0.1) is 0 Å². The van der Waals surface area contributed by atoms with Gasteiger partial charge in [0.2, 0.25) is 0 Å². The van der Waals surface area contributed by atoms with E-state index in [2.05, 4.69) is 15.4 Å². The van der Waals surface area contributed by atoms with Crippen molar-refractivity contribution in [1.82, 2.24) is 0 Å². The van der Waals surface area contributed by atoms with Gasteiger partial charge in [-0.3, -0.25) is 0 Å².